The summed E-state index contributed by atoms with van der Waals surface area (Å²) < 4.78 is 1.71. The minimum Gasteiger partial charge on any atom is -0.318 e. The van der Waals surface area contributed by atoms with E-state index in [0.29, 0.717) is 18.0 Å². The summed E-state index contributed by atoms with van der Waals surface area (Å²) in [6, 6.07) is 5.52. The van der Waals surface area contributed by atoms with Crippen LogP contribution in [0, 0.1) is 0 Å². The fourth-order valence-electron chi connectivity index (χ4n) is 1.80. The number of pyridine rings is 1. The Labute approximate surface area is 105 Å². The van der Waals surface area contributed by atoms with Crippen molar-refractivity contribution < 1.29 is 4.79 Å². The van der Waals surface area contributed by atoms with Gasteiger partial charge in [-0.1, -0.05) is 19.4 Å². The van der Waals surface area contributed by atoms with E-state index in [0.717, 1.165) is 6.42 Å². The molecule has 0 saturated carbocycles. The van der Waals surface area contributed by atoms with Crippen LogP contribution in [0.1, 0.15) is 26.7 Å². The molecule has 0 radical (unpaired) electrons. The molecule has 1 amide bonds. The zero-order valence-electron chi connectivity index (χ0n) is 10.6. The van der Waals surface area contributed by atoms with E-state index >= 15 is 0 Å². The van der Waals surface area contributed by atoms with Crippen molar-refractivity contribution >= 4 is 17.5 Å². The van der Waals surface area contributed by atoms with Gasteiger partial charge >= 0.3 is 0 Å². The standard InChI is InChI=1S/C12H17N5O/c1-3-7-12(2,13)10(18)14-11-16-15-9-6-4-5-8-17(9)11/h4-6,8H,3,7,13H2,1-2H3,(H,14,16,18). The molecule has 1 atom stereocenters. The average Bonchev–Trinajstić information content (AvgIpc) is 2.73. The molecule has 2 rings (SSSR count). The highest BCUT2D eigenvalue weighted by Crippen LogP contribution is 2.13. The van der Waals surface area contributed by atoms with Gasteiger partial charge in [-0.2, -0.15) is 0 Å². The molecule has 18 heavy (non-hydrogen) atoms. The lowest BCUT2D eigenvalue weighted by Crippen LogP contribution is -2.48. The monoisotopic (exact) mass is 247 g/mol. The smallest absolute Gasteiger partial charge is 0.246 e. The van der Waals surface area contributed by atoms with Gasteiger partial charge < -0.3 is 5.73 Å². The maximum absolute atomic E-state index is 12.0. The van der Waals surface area contributed by atoms with Crippen LogP contribution >= 0.6 is 0 Å². The van der Waals surface area contributed by atoms with Crippen LogP contribution in [-0.4, -0.2) is 26.0 Å². The highest BCUT2D eigenvalue weighted by Gasteiger charge is 2.28. The summed E-state index contributed by atoms with van der Waals surface area (Å²) in [7, 11) is 0. The Morgan fingerprint density at radius 1 is 1.50 bits per heavy atom. The summed E-state index contributed by atoms with van der Waals surface area (Å²) in [5.74, 6) is 0.144. The van der Waals surface area contributed by atoms with Gasteiger partial charge in [0.15, 0.2) is 5.65 Å². The second-order valence-corrected chi connectivity index (χ2v) is 4.57. The Balaban J connectivity index is 2.21. The number of hydrogen-bond acceptors (Lipinski definition) is 4. The molecule has 0 saturated heterocycles. The van der Waals surface area contributed by atoms with E-state index in [9.17, 15) is 4.79 Å². The first kappa shape index (κ1) is 12.5. The van der Waals surface area contributed by atoms with Crippen molar-refractivity contribution in [2.75, 3.05) is 5.32 Å². The zero-order valence-corrected chi connectivity index (χ0v) is 10.6. The van der Waals surface area contributed by atoms with Gasteiger partial charge in [-0.05, 0) is 25.5 Å². The van der Waals surface area contributed by atoms with Gasteiger partial charge in [-0.15, -0.1) is 10.2 Å². The van der Waals surface area contributed by atoms with Crippen LogP contribution in [0.25, 0.3) is 5.65 Å². The molecule has 0 aromatic carbocycles. The Hall–Kier alpha value is -1.95. The topological polar surface area (TPSA) is 85.3 Å². The molecule has 6 heteroatoms. The first-order valence-electron chi connectivity index (χ1n) is 5.94. The van der Waals surface area contributed by atoms with Gasteiger partial charge in [-0.25, -0.2) is 0 Å². The number of nitrogens with two attached hydrogens (primary N) is 1. The lowest BCUT2D eigenvalue weighted by molar-refractivity contribution is -0.120. The number of carbonyl (C=O) groups is 1. The predicted octanol–water partition coefficient (Wildman–Crippen LogP) is 1.19. The summed E-state index contributed by atoms with van der Waals surface area (Å²) in [6.45, 7) is 3.71. The van der Waals surface area contributed by atoms with E-state index in [1.165, 1.54) is 0 Å². The number of nitrogens with zero attached hydrogens (tertiary/aromatic N) is 3. The highest BCUT2D eigenvalue weighted by molar-refractivity contribution is 5.96. The third-order valence-corrected chi connectivity index (χ3v) is 2.83. The number of aromatic nitrogens is 3. The Morgan fingerprint density at radius 3 is 3.00 bits per heavy atom. The Morgan fingerprint density at radius 2 is 2.28 bits per heavy atom. The van der Waals surface area contributed by atoms with Crippen LogP contribution in [0.4, 0.5) is 5.95 Å². The molecule has 2 heterocycles. The quantitative estimate of drug-likeness (QED) is 0.849. The maximum Gasteiger partial charge on any atom is 0.246 e. The van der Waals surface area contributed by atoms with Crippen molar-refractivity contribution in [2.24, 2.45) is 5.73 Å². The number of fused-ring (bicyclic) bond motifs is 1. The van der Waals surface area contributed by atoms with Gasteiger partial charge in [0.25, 0.3) is 0 Å². The molecule has 2 aromatic rings. The zero-order chi connectivity index (χ0) is 13.2. The molecular weight excluding hydrogens is 230 g/mol. The van der Waals surface area contributed by atoms with Crippen LogP contribution in [0.5, 0.6) is 0 Å². The third kappa shape index (κ3) is 2.33. The largest absolute Gasteiger partial charge is 0.318 e. The van der Waals surface area contributed by atoms with Crippen LogP contribution < -0.4 is 11.1 Å². The van der Waals surface area contributed by atoms with Crippen LogP contribution in [-0.2, 0) is 4.79 Å². The molecule has 1 unspecified atom stereocenters. The van der Waals surface area contributed by atoms with Gasteiger partial charge in [0.2, 0.25) is 11.9 Å². The lowest BCUT2D eigenvalue weighted by atomic mass is 9.97. The van der Waals surface area contributed by atoms with Gasteiger partial charge in [0, 0.05) is 6.20 Å². The van der Waals surface area contributed by atoms with Crippen LogP contribution in [0.3, 0.4) is 0 Å². The maximum atomic E-state index is 12.0. The Kier molecular flexibility index (Phi) is 3.29. The summed E-state index contributed by atoms with van der Waals surface area (Å²) in [4.78, 5) is 12.0. The number of rotatable bonds is 4. The van der Waals surface area contributed by atoms with Crippen molar-refractivity contribution in [1.82, 2.24) is 14.6 Å². The van der Waals surface area contributed by atoms with Gasteiger partial charge in [0.1, 0.15) is 0 Å². The fraction of sp³-hybridized carbons (Fsp3) is 0.417. The van der Waals surface area contributed by atoms with Crippen molar-refractivity contribution in [2.45, 2.75) is 32.2 Å². The van der Waals surface area contributed by atoms with Gasteiger partial charge in [-0.3, -0.25) is 14.5 Å². The Bertz CT molecular complexity index is 560. The first-order valence-corrected chi connectivity index (χ1v) is 5.94. The number of anilines is 1. The lowest BCUT2D eigenvalue weighted by Gasteiger charge is -2.21. The van der Waals surface area contributed by atoms with E-state index in [-0.39, 0.29) is 5.91 Å². The molecule has 0 fully saturated rings. The molecule has 0 aliphatic rings. The van der Waals surface area contributed by atoms with Crippen molar-refractivity contribution in [3.63, 3.8) is 0 Å². The van der Waals surface area contributed by atoms with E-state index in [1.54, 1.807) is 17.5 Å². The molecule has 6 nitrogen and oxygen atoms in total. The van der Waals surface area contributed by atoms with Crippen molar-refractivity contribution in [1.29, 1.82) is 0 Å². The summed E-state index contributed by atoms with van der Waals surface area (Å²) in [5, 5.41) is 10.6. The minimum atomic E-state index is -0.893. The second kappa shape index (κ2) is 4.73. The van der Waals surface area contributed by atoms with E-state index < -0.39 is 5.54 Å². The molecule has 2 aromatic heterocycles. The molecule has 0 aliphatic carbocycles. The molecule has 3 N–H and O–H groups in total. The molecule has 0 spiro atoms. The van der Waals surface area contributed by atoms with Gasteiger partial charge in [0.05, 0.1) is 5.54 Å². The predicted molar refractivity (Wildman–Crippen MR) is 69.1 cm³/mol. The molecule has 0 aliphatic heterocycles. The van der Waals surface area contributed by atoms with E-state index in [1.807, 2.05) is 25.1 Å². The second-order valence-electron chi connectivity index (χ2n) is 4.57. The van der Waals surface area contributed by atoms with Crippen LogP contribution in [0.2, 0.25) is 0 Å². The number of amides is 1. The normalized spacial score (nSPS) is 14.4. The summed E-state index contributed by atoms with van der Waals surface area (Å²) in [5.41, 5.74) is 5.75. The van der Waals surface area contributed by atoms with Crippen LogP contribution in [0.15, 0.2) is 24.4 Å². The van der Waals surface area contributed by atoms with E-state index in [2.05, 4.69) is 15.5 Å². The highest BCUT2D eigenvalue weighted by atomic mass is 16.2. The number of hydrogen-bond donors (Lipinski definition) is 2. The average molecular weight is 247 g/mol. The summed E-state index contributed by atoms with van der Waals surface area (Å²) >= 11 is 0. The first-order chi connectivity index (χ1) is 8.54. The minimum absolute atomic E-state index is 0.248. The van der Waals surface area contributed by atoms with E-state index in [4.69, 9.17) is 5.73 Å². The molecular formula is C12H17N5O. The molecule has 0 bridgehead atoms. The fourth-order valence-corrected chi connectivity index (χ4v) is 1.80. The van der Waals surface area contributed by atoms with Crippen molar-refractivity contribution in [3.8, 4) is 0 Å². The summed E-state index contributed by atoms with van der Waals surface area (Å²) in [6.07, 6.45) is 3.26. The van der Waals surface area contributed by atoms with Crippen molar-refractivity contribution in [3.05, 3.63) is 24.4 Å². The SMILES string of the molecule is CCCC(C)(N)C(=O)Nc1nnc2ccccn12. The molecule has 96 valence electrons. The number of nitrogens with one attached hydrogen (secondary N) is 1. The number of carbonyl (C=O) groups excluding carboxylic acids is 1. The third-order valence-electron chi connectivity index (χ3n) is 2.83.